The molecule has 0 amide bonds. The lowest BCUT2D eigenvalue weighted by Gasteiger charge is -2.07. The zero-order valence-electron chi connectivity index (χ0n) is 13.7. The van der Waals surface area contributed by atoms with Crippen LogP contribution in [-0.4, -0.2) is 27.0 Å². The average Bonchev–Trinajstić information content (AvgIpc) is 2.58. The molecule has 0 unspecified atom stereocenters. The van der Waals surface area contributed by atoms with Crippen LogP contribution < -0.4 is 16.0 Å². The molecule has 0 bridgehead atoms. The molecule has 1 aromatic heterocycles. The molecule has 1 aromatic carbocycles. The van der Waals surface area contributed by atoms with Gasteiger partial charge in [-0.3, -0.25) is 19.1 Å². The van der Waals surface area contributed by atoms with Gasteiger partial charge in [0.05, 0.1) is 6.61 Å². The van der Waals surface area contributed by atoms with E-state index in [4.69, 9.17) is 4.74 Å². The minimum Gasteiger partial charge on any atom is -0.494 e. The van der Waals surface area contributed by atoms with Crippen LogP contribution in [0.15, 0.2) is 52.6 Å². The highest BCUT2D eigenvalue weighted by atomic mass is 16.5. The van der Waals surface area contributed by atoms with Gasteiger partial charge in [0.15, 0.2) is 5.78 Å². The monoisotopic (exact) mass is 342 g/mol. The van der Waals surface area contributed by atoms with Gasteiger partial charge in [-0.25, -0.2) is 4.79 Å². The number of carbonyl (C=O) groups is 1. The van der Waals surface area contributed by atoms with E-state index in [2.05, 4.69) is 6.58 Å². The van der Waals surface area contributed by atoms with Crippen LogP contribution in [0.4, 0.5) is 0 Å². The summed E-state index contributed by atoms with van der Waals surface area (Å²) in [7, 11) is 0. The van der Waals surface area contributed by atoms with Gasteiger partial charge in [-0.1, -0.05) is 24.3 Å². The molecule has 0 spiro atoms. The summed E-state index contributed by atoms with van der Waals surface area (Å²) in [5.41, 5.74) is -1.53. The van der Waals surface area contributed by atoms with Crippen LogP contribution in [0, 0.1) is 0 Å². The van der Waals surface area contributed by atoms with Crippen LogP contribution in [-0.2, 0) is 6.54 Å². The summed E-state index contributed by atoms with van der Waals surface area (Å²) in [5, 5.41) is 10.1. The number of allylic oxidation sites excluding steroid dienone is 2. The summed E-state index contributed by atoms with van der Waals surface area (Å²) in [6.45, 7) is 5.85. The van der Waals surface area contributed by atoms with E-state index in [0.717, 1.165) is 10.6 Å². The number of aromatic hydroxyl groups is 1. The molecule has 7 heteroatoms. The van der Waals surface area contributed by atoms with Gasteiger partial charge in [-0.15, -0.1) is 6.58 Å². The number of aromatic nitrogens is 2. The Labute approximate surface area is 143 Å². The summed E-state index contributed by atoms with van der Waals surface area (Å²) in [6, 6.07) is 7.00. The summed E-state index contributed by atoms with van der Waals surface area (Å²) in [5.74, 6) is -0.697. The minimum atomic E-state index is -0.941. The number of hydrogen-bond donors (Lipinski definition) is 2. The van der Waals surface area contributed by atoms with Gasteiger partial charge in [0.2, 0.25) is 5.88 Å². The van der Waals surface area contributed by atoms with Gasteiger partial charge >= 0.3 is 5.69 Å². The maximum absolute atomic E-state index is 12.3. The Morgan fingerprint density at radius 2 is 2.00 bits per heavy atom. The quantitative estimate of drug-likeness (QED) is 0.453. The van der Waals surface area contributed by atoms with Crippen LogP contribution in [0.5, 0.6) is 11.6 Å². The second-order valence-electron chi connectivity index (χ2n) is 5.06. The number of benzene rings is 1. The second kappa shape index (κ2) is 7.96. The maximum Gasteiger partial charge on any atom is 0.331 e. The highest BCUT2D eigenvalue weighted by Crippen LogP contribution is 2.15. The van der Waals surface area contributed by atoms with Crippen molar-refractivity contribution in [2.75, 3.05) is 6.61 Å². The number of nitrogens with one attached hydrogen (secondary N) is 1. The fourth-order valence-electron chi connectivity index (χ4n) is 2.18. The molecule has 1 heterocycles. The van der Waals surface area contributed by atoms with E-state index in [1.165, 1.54) is 12.2 Å². The van der Waals surface area contributed by atoms with E-state index in [0.29, 0.717) is 17.9 Å². The Bertz CT molecular complexity index is 920. The standard InChI is InChI=1S/C18H18N2O5/c1-3-11-20-17(23)15(16(22)19-18(20)24)14(21)10-7-12-5-8-13(9-6-12)25-4-2/h3,5-10,23H,1,4,11H2,2H3,(H,19,22,24). The van der Waals surface area contributed by atoms with E-state index in [1.54, 1.807) is 24.3 Å². The largest absolute Gasteiger partial charge is 0.494 e. The first-order chi connectivity index (χ1) is 12.0. The molecule has 2 rings (SSSR count). The van der Waals surface area contributed by atoms with E-state index < -0.39 is 28.5 Å². The molecule has 130 valence electrons. The van der Waals surface area contributed by atoms with Crippen molar-refractivity contribution in [1.29, 1.82) is 0 Å². The van der Waals surface area contributed by atoms with Gasteiger partial charge in [0, 0.05) is 6.54 Å². The van der Waals surface area contributed by atoms with Crippen LogP contribution in [0.3, 0.4) is 0 Å². The molecule has 25 heavy (non-hydrogen) atoms. The average molecular weight is 342 g/mol. The first-order valence-electron chi connectivity index (χ1n) is 7.60. The Morgan fingerprint density at radius 3 is 2.60 bits per heavy atom. The number of aromatic amines is 1. The first kappa shape index (κ1) is 18.0. The van der Waals surface area contributed by atoms with Gasteiger partial charge in [0.1, 0.15) is 11.3 Å². The van der Waals surface area contributed by atoms with Crippen LogP contribution >= 0.6 is 0 Å². The molecule has 0 fully saturated rings. The smallest absolute Gasteiger partial charge is 0.331 e. The number of ketones is 1. The first-order valence-corrected chi connectivity index (χ1v) is 7.60. The number of rotatable bonds is 7. The van der Waals surface area contributed by atoms with Crippen molar-refractivity contribution in [2.45, 2.75) is 13.5 Å². The molecule has 0 radical (unpaired) electrons. The highest BCUT2D eigenvalue weighted by molar-refractivity contribution is 6.08. The Balaban J connectivity index is 2.31. The zero-order chi connectivity index (χ0) is 18.4. The van der Waals surface area contributed by atoms with E-state index in [9.17, 15) is 19.5 Å². The molecule has 0 saturated carbocycles. The van der Waals surface area contributed by atoms with Crippen molar-refractivity contribution in [1.82, 2.24) is 9.55 Å². The van der Waals surface area contributed by atoms with Crippen molar-refractivity contribution in [3.05, 3.63) is 75.0 Å². The van der Waals surface area contributed by atoms with Crippen LogP contribution in [0.1, 0.15) is 22.8 Å². The number of ether oxygens (including phenoxy) is 1. The van der Waals surface area contributed by atoms with Gasteiger partial charge in [-0.2, -0.15) is 0 Å². The SMILES string of the molecule is C=CCn1c(O)c(C(=O)C=Cc2ccc(OCC)cc2)c(=O)[nH]c1=O. The molecular weight excluding hydrogens is 324 g/mol. The van der Waals surface area contributed by atoms with Crippen molar-refractivity contribution < 1.29 is 14.6 Å². The van der Waals surface area contributed by atoms with E-state index >= 15 is 0 Å². The Kier molecular flexibility index (Phi) is 5.73. The second-order valence-corrected chi connectivity index (χ2v) is 5.06. The molecule has 2 aromatic rings. The molecule has 7 nitrogen and oxygen atoms in total. The highest BCUT2D eigenvalue weighted by Gasteiger charge is 2.18. The lowest BCUT2D eigenvalue weighted by atomic mass is 10.1. The number of nitrogens with zero attached hydrogens (tertiary/aromatic N) is 1. The third-order valence-electron chi connectivity index (χ3n) is 3.35. The molecule has 0 aliphatic carbocycles. The normalized spacial score (nSPS) is 10.8. The fourth-order valence-corrected chi connectivity index (χ4v) is 2.18. The Hall–Kier alpha value is -3.35. The van der Waals surface area contributed by atoms with Gasteiger partial charge in [-0.05, 0) is 30.7 Å². The summed E-state index contributed by atoms with van der Waals surface area (Å²) in [4.78, 5) is 37.8. The van der Waals surface area contributed by atoms with Crippen LogP contribution in [0.2, 0.25) is 0 Å². The number of hydrogen-bond acceptors (Lipinski definition) is 5. The summed E-state index contributed by atoms with van der Waals surface area (Å²) in [6.07, 6.45) is 4.02. The number of carbonyl (C=O) groups excluding carboxylic acids is 1. The third kappa shape index (κ3) is 4.14. The van der Waals surface area contributed by atoms with E-state index in [1.807, 2.05) is 11.9 Å². The van der Waals surface area contributed by atoms with Crippen molar-refractivity contribution >= 4 is 11.9 Å². The lowest BCUT2D eigenvalue weighted by molar-refractivity contribution is 0.104. The topological polar surface area (TPSA) is 101 Å². The molecule has 0 aliphatic rings. The molecule has 0 saturated heterocycles. The molecule has 0 atom stereocenters. The number of H-pyrrole nitrogens is 1. The molecular formula is C18H18N2O5. The molecule has 0 aliphatic heterocycles. The molecule has 2 N–H and O–H groups in total. The lowest BCUT2D eigenvalue weighted by Crippen LogP contribution is -2.33. The third-order valence-corrected chi connectivity index (χ3v) is 3.35. The Morgan fingerprint density at radius 1 is 1.32 bits per heavy atom. The minimum absolute atomic E-state index is 0.0374. The summed E-state index contributed by atoms with van der Waals surface area (Å²) >= 11 is 0. The van der Waals surface area contributed by atoms with Crippen molar-refractivity contribution in [2.24, 2.45) is 0 Å². The van der Waals surface area contributed by atoms with Crippen molar-refractivity contribution in [3.63, 3.8) is 0 Å². The van der Waals surface area contributed by atoms with Gasteiger partial charge < -0.3 is 9.84 Å². The van der Waals surface area contributed by atoms with Crippen molar-refractivity contribution in [3.8, 4) is 11.6 Å². The fraction of sp³-hybridized carbons (Fsp3) is 0.167. The van der Waals surface area contributed by atoms with Crippen LogP contribution in [0.25, 0.3) is 6.08 Å². The summed E-state index contributed by atoms with van der Waals surface area (Å²) < 4.78 is 6.18. The maximum atomic E-state index is 12.3. The zero-order valence-corrected chi connectivity index (χ0v) is 13.7. The predicted octanol–water partition coefficient (Wildman–Crippen LogP) is 1.72. The van der Waals surface area contributed by atoms with E-state index in [-0.39, 0.29) is 6.54 Å². The van der Waals surface area contributed by atoms with Gasteiger partial charge in [0.25, 0.3) is 5.56 Å². The predicted molar refractivity (Wildman–Crippen MR) is 94.2 cm³/mol.